The van der Waals surface area contributed by atoms with E-state index in [4.69, 9.17) is 19.9 Å². The number of imidazole rings is 1. The van der Waals surface area contributed by atoms with Gasteiger partial charge in [-0.15, -0.1) is 0 Å². The topological polar surface area (TPSA) is 71.5 Å². The molecule has 0 aliphatic carbocycles. The van der Waals surface area contributed by atoms with Crippen LogP contribution in [0.25, 0.3) is 11.0 Å². The summed E-state index contributed by atoms with van der Waals surface area (Å²) >= 11 is 0. The van der Waals surface area contributed by atoms with Gasteiger partial charge in [-0.25, -0.2) is 4.98 Å². The Hall–Kier alpha value is -1.79. The van der Waals surface area contributed by atoms with Crippen molar-refractivity contribution in [1.82, 2.24) is 9.55 Å². The van der Waals surface area contributed by atoms with E-state index in [2.05, 4.69) is 4.98 Å². The lowest BCUT2D eigenvalue weighted by atomic mass is 10.0. The van der Waals surface area contributed by atoms with Gasteiger partial charge < -0.3 is 24.5 Å². The molecule has 1 aromatic heterocycles. The number of benzene rings is 1. The second kappa shape index (κ2) is 4.96. The first-order chi connectivity index (χ1) is 9.69. The number of nitrogen functional groups attached to an aromatic ring is 1. The summed E-state index contributed by atoms with van der Waals surface area (Å²) in [5, 5.41) is 0. The van der Waals surface area contributed by atoms with Crippen molar-refractivity contribution in [1.29, 1.82) is 0 Å². The number of anilines is 1. The molecule has 0 saturated carbocycles. The van der Waals surface area contributed by atoms with Crippen LogP contribution in [0.5, 0.6) is 5.75 Å². The molecular weight excluding hydrogens is 258 g/mol. The summed E-state index contributed by atoms with van der Waals surface area (Å²) in [6.07, 6.45) is 0.854. The van der Waals surface area contributed by atoms with Crippen molar-refractivity contribution in [3.63, 3.8) is 0 Å². The zero-order chi connectivity index (χ0) is 14.2. The molecule has 1 aliphatic heterocycles. The van der Waals surface area contributed by atoms with Crippen LogP contribution in [-0.4, -0.2) is 42.6 Å². The van der Waals surface area contributed by atoms with Crippen LogP contribution in [0.3, 0.4) is 0 Å². The number of rotatable bonds is 4. The van der Waals surface area contributed by atoms with Gasteiger partial charge in [0.1, 0.15) is 16.9 Å². The molecule has 6 nitrogen and oxygen atoms in total. The second-order valence-electron chi connectivity index (χ2n) is 5.07. The summed E-state index contributed by atoms with van der Waals surface area (Å²) < 4.78 is 18.4. The predicted octanol–water partition coefficient (Wildman–Crippen LogP) is 1.43. The highest BCUT2D eigenvalue weighted by molar-refractivity contribution is 5.84. The van der Waals surface area contributed by atoms with Gasteiger partial charge in [0.2, 0.25) is 5.95 Å². The fourth-order valence-electron chi connectivity index (χ4n) is 2.70. The Morgan fingerprint density at radius 1 is 1.45 bits per heavy atom. The first-order valence-corrected chi connectivity index (χ1v) is 6.61. The van der Waals surface area contributed by atoms with Gasteiger partial charge in [0.05, 0.1) is 25.8 Å². The van der Waals surface area contributed by atoms with Crippen molar-refractivity contribution in [3.8, 4) is 5.75 Å². The number of nitrogens with zero attached hydrogens (tertiary/aromatic N) is 2. The third-order valence-corrected chi connectivity index (χ3v) is 3.94. The number of fused-ring (bicyclic) bond motifs is 1. The average Bonchev–Trinajstić information content (AvgIpc) is 3.05. The van der Waals surface area contributed by atoms with Gasteiger partial charge in [-0.2, -0.15) is 0 Å². The van der Waals surface area contributed by atoms with Crippen molar-refractivity contribution < 1.29 is 14.2 Å². The van der Waals surface area contributed by atoms with E-state index in [-0.39, 0.29) is 5.60 Å². The van der Waals surface area contributed by atoms with E-state index in [1.54, 1.807) is 14.2 Å². The Labute approximate surface area is 117 Å². The number of hydrogen-bond donors (Lipinski definition) is 1. The molecule has 1 fully saturated rings. The molecule has 1 aliphatic rings. The molecule has 20 heavy (non-hydrogen) atoms. The summed E-state index contributed by atoms with van der Waals surface area (Å²) in [5.74, 6) is 1.19. The van der Waals surface area contributed by atoms with Crippen LogP contribution < -0.4 is 10.5 Å². The molecule has 0 amide bonds. The molecule has 1 unspecified atom stereocenters. The largest absolute Gasteiger partial charge is 0.494 e. The molecule has 0 radical (unpaired) electrons. The van der Waals surface area contributed by atoms with E-state index in [1.165, 1.54) is 0 Å². The summed E-state index contributed by atoms with van der Waals surface area (Å²) in [6.45, 7) is 1.91. The van der Waals surface area contributed by atoms with Crippen molar-refractivity contribution in [2.45, 2.75) is 18.6 Å². The van der Waals surface area contributed by atoms with Crippen LogP contribution >= 0.6 is 0 Å². The van der Waals surface area contributed by atoms with Gasteiger partial charge in [0, 0.05) is 20.1 Å². The minimum Gasteiger partial charge on any atom is -0.494 e. The molecule has 2 aromatic rings. The molecule has 0 spiro atoms. The quantitative estimate of drug-likeness (QED) is 0.915. The molecule has 2 heterocycles. The maximum absolute atomic E-state index is 6.07. The molecule has 1 saturated heterocycles. The van der Waals surface area contributed by atoms with Gasteiger partial charge in [-0.3, -0.25) is 0 Å². The van der Waals surface area contributed by atoms with E-state index >= 15 is 0 Å². The smallest absolute Gasteiger partial charge is 0.201 e. The van der Waals surface area contributed by atoms with E-state index in [0.717, 1.165) is 23.2 Å². The van der Waals surface area contributed by atoms with Crippen molar-refractivity contribution in [2.75, 3.05) is 33.2 Å². The number of ether oxygens (including phenoxy) is 3. The molecule has 0 bridgehead atoms. The Kier molecular flexibility index (Phi) is 3.27. The average molecular weight is 277 g/mol. The van der Waals surface area contributed by atoms with Gasteiger partial charge in [0.25, 0.3) is 0 Å². The number of methoxy groups -OCH3 is 2. The number of aromatic nitrogens is 2. The van der Waals surface area contributed by atoms with E-state index in [1.807, 2.05) is 22.8 Å². The highest BCUT2D eigenvalue weighted by Crippen LogP contribution is 2.31. The van der Waals surface area contributed by atoms with E-state index in [9.17, 15) is 0 Å². The fourth-order valence-corrected chi connectivity index (χ4v) is 2.70. The summed E-state index contributed by atoms with van der Waals surface area (Å²) in [5.41, 5.74) is 7.46. The number of nitrogens with two attached hydrogens (primary N) is 1. The standard InChI is InChI=1S/C14H19N3O3/c1-18-11-5-3-4-10-12(11)16-13(15)17(10)8-14(19-2)6-7-20-9-14/h3-5H,6-9H2,1-2H3,(H2,15,16). The Bertz CT molecular complexity index is 617. The second-order valence-corrected chi connectivity index (χ2v) is 5.07. The summed E-state index contributed by atoms with van der Waals surface area (Å²) in [6, 6.07) is 5.80. The zero-order valence-corrected chi connectivity index (χ0v) is 11.8. The maximum Gasteiger partial charge on any atom is 0.201 e. The Balaban J connectivity index is 2.05. The van der Waals surface area contributed by atoms with Gasteiger partial charge >= 0.3 is 0 Å². The maximum atomic E-state index is 6.07. The zero-order valence-electron chi connectivity index (χ0n) is 11.8. The molecule has 108 valence electrons. The first kappa shape index (κ1) is 13.2. The lowest BCUT2D eigenvalue weighted by Crippen LogP contribution is -2.37. The van der Waals surface area contributed by atoms with Crippen LogP contribution in [0.1, 0.15) is 6.42 Å². The third kappa shape index (κ3) is 2.01. The lowest BCUT2D eigenvalue weighted by Gasteiger charge is -2.26. The Morgan fingerprint density at radius 3 is 2.95 bits per heavy atom. The Morgan fingerprint density at radius 2 is 2.30 bits per heavy atom. The third-order valence-electron chi connectivity index (χ3n) is 3.94. The fraction of sp³-hybridized carbons (Fsp3) is 0.500. The van der Waals surface area contributed by atoms with Crippen LogP contribution in [0, 0.1) is 0 Å². The molecule has 1 atom stereocenters. The molecule has 6 heteroatoms. The lowest BCUT2D eigenvalue weighted by molar-refractivity contribution is -0.0283. The number of hydrogen-bond acceptors (Lipinski definition) is 5. The predicted molar refractivity (Wildman–Crippen MR) is 75.9 cm³/mol. The van der Waals surface area contributed by atoms with Crippen LogP contribution in [0.15, 0.2) is 18.2 Å². The van der Waals surface area contributed by atoms with E-state index in [0.29, 0.717) is 25.7 Å². The molecular formula is C14H19N3O3. The summed E-state index contributed by atoms with van der Waals surface area (Å²) in [7, 11) is 3.34. The van der Waals surface area contributed by atoms with Crippen LogP contribution in [0.2, 0.25) is 0 Å². The SMILES string of the molecule is COc1cccc2c1nc(N)n2CC1(OC)CCOC1. The monoisotopic (exact) mass is 277 g/mol. The van der Waals surface area contributed by atoms with Crippen molar-refractivity contribution in [3.05, 3.63) is 18.2 Å². The highest BCUT2D eigenvalue weighted by Gasteiger charge is 2.36. The van der Waals surface area contributed by atoms with Gasteiger partial charge in [0.15, 0.2) is 0 Å². The highest BCUT2D eigenvalue weighted by atomic mass is 16.5. The summed E-state index contributed by atoms with van der Waals surface area (Å²) in [4.78, 5) is 4.41. The van der Waals surface area contributed by atoms with Gasteiger partial charge in [-0.05, 0) is 12.1 Å². The molecule has 3 rings (SSSR count). The van der Waals surface area contributed by atoms with Gasteiger partial charge in [-0.1, -0.05) is 6.07 Å². The normalized spacial score (nSPS) is 22.5. The van der Waals surface area contributed by atoms with Crippen molar-refractivity contribution in [2.24, 2.45) is 0 Å². The first-order valence-electron chi connectivity index (χ1n) is 6.61. The van der Waals surface area contributed by atoms with E-state index < -0.39 is 0 Å². The minimum absolute atomic E-state index is 0.329. The number of para-hydroxylation sites is 1. The van der Waals surface area contributed by atoms with Crippen LogP contribution in [0.4, 0.5) is 5.95 Å². The molecule has 1 aromatic carbocycles. The minimum atomic E-state index is -0.329. The van der Waals surface area contributed by atoms with Crippen LogP contribution in [-0.2, 0) is 16.0 Å². The van der Waals surface area contributed by atoms with Crippen molar-refractivity contribution >= 4 is 17.0 Å². The molecule has 2 N–H and O–H groups in total.